The second-order valence-electron chi connectivity index (χ2n) is 4.98. The summed E-state index contributed by atoms with van der Waals surface area (Å²) in [5.41, 5.74) is 0.664. The summed E-state index contributed by atoms with van der Waals surface area (Å²) in [5.74, 6) is 0. The second-order valence-corrected chi connectivity index (χ2v) is 5.83. The maximum Gasteiger partial charge on any atom is 0.508 e. The predicted molar refractivity (Wildman–Crippen MR) is 88.8 cm³/mol. The van der Waals surface area contributed by atoms with Gasteiger partial charge in [-0.1, -0.05) is 42.6 Å². The summed E-state index contributed by atoms with van der Waals surface area (Å²) in [6.07, 6.45) is 5.50. The summed E-state index contributed by atoms with van der Waals surface area (Å²) in [6.45, 7) is 2.73. The van der Waals surface area contributed by atoms with E-state index >= 15 is 0 Å². The van der Waals surface area contributed by atoms with Gasteiger partial charge in [0.2, 0.25) is 0 Å². The monoisotopic (exact) mass is 356 g/mol. The van der Waals surface area contributed by atoms with Crippen LogP contribution in [0.15, 0.2) is 36.9 Å². The van der Waals surface area contributed by atoms with Gasteiger partial charge in [0, 0.05) is 28.0 Å². The fourth-order valence-electron chi connectivity index (χ4n) is 2.00. The Hall–Kier alpha value is -1.72. The molecule has 5 nitrogen and oxygen atoms in total. The Morgan fingerprint density at radius 1 is 1.39 bits per heavy atom. The number of ether oxygens (including phenoxy) is 2. The van der Waals surface area contributed by atoms with Crippen LogP contribution in [0.3, 0.4) is 0 Å². The van der Waals surface area contributed by atoms with Crippen molar-refractivity contribution in [2.45, 2.75) is 32.4 Å². The highest BCUT2D eigenvalue weighted by Crippen LogP contribution is 2.30. The Balaban J connectivity index is 2.12. The first-order valence-electron chi connectivity index (χ1n) is 7.34. The summed E-state index contributed by atoms with van der Waals surface area (Å²) >= 11 is 12.2. The molecule has 23 heavy (non-hydrogen) atoms. The molecule has 0 amide bonds. The van der Waals surface area contributed by atoms with E-state index < -0.39 is 12.3 Å². The Labute approximate surface area is 145 Å². The number of nitrogens with zero attached hydrogens (tertiary/aromatic N) is 2. The Bertz CT molecular complexity index is 632. The third-order valence-electron chi connectivity index (χ3n) is 3.20. The molecule has 7 heteroatoms. The predicted octanol–water partition coefficient (Wildman–Crippen LogP) is 4.88. The van der Waals surface area contributed by atoms with Crippen molar-refractivity contribution in [3.05, 3.63) is 52.5 Å². The van der Waals surface area contributed by atoms with E-state index in [-0.39, 0.29) is 0 Å². The molecule has 0 aliphatic rings. The Kier molecular flexibility index (Phi) is 6.74. The largest absolute Gasteiger partial charge is 0.508 e. The zero-order valence-electron chi connectivity index (χ0n) is 12.7. The van der Waals surface area contributed by atoms with E-state index in [1.807, 2.05) is 6.92 Å². The molecular formula is C16H18Cl2N2O3. The lowest BCUT2D eigenvalue weighted by Crippen LogP contribution is -2.18. The standard InChI is InChI=1S/C16H18Cl2N2O3/c1-2-3-8-22-16(21)23-15(10-20-7-6-19-11-20)13-5-4-12(17)9-14(13)18/h4-7,9,11,15H,2-3,8,10H2,1H3. The Morgan fingerprint density at radius 2 is 2.22 bits per heavy atom. The van der Waals surface area contributed by atoms with Crippen molar-refractivity contribution in [1.82, 2.24) is 9.55 Å². The van der Waals surface area contributed by atoms with Crippen LogP contribution < -0.4 is 0 Å². The van der Waals surface area contributed by atoms with Crippen LogP contribution in [0.25, 0.3) is 0 Å². The van der Waals surface area contributed by atoms with Crippen molar-refractivity contribution >= 4 is 29.4 Å². The minimum Gasteiger partial charge on any atom is -0.434 e. The van der Waals surface area contributed by atoms with Gasteiger partial charge >= 0.3 is 6.16 Å². The molecule has 124 valence electrons. The van der Waals surface area contributed by atoms with E-state index in [1.165, 1.54) is 0 Å². The number of halogens is 2. The van der Waals surface area contributed by atoms with E-state index in [4.69, 9.17) is 32.7 Å². The third kappa shape index (κ3) is 5.44. The highest BCUT2D eigenvalue weighted by Gasteiger charge is 2.21. The summed E-state index contributed by atoms with van der Waals surface area (Å²) in [5, 5.41) is 0.953. The minimum atomic E-state index is -0.713. The lowest BCUT2D eigenvalue weighted by atomic mass is 10.1. The molecule has 1 atom stereocenters. The molecular weight excluding hydrogens is 339 g/mol. The van der Waals surface area contributed by atoms with Gasteiger partial charge in [0.25, 0.3) is 0 Å². The van der Waals surface area contributed by atoms with Gasteiger partial charge < -0.3 is 14.0 Å². The van der Waals surface area contributed by atoms with Gasteiger partial charge in [-0.25, -0.2) is 9.78 Å². The van der Waals surface area contributed by atoms with Crippen LogP contribution >= 0.6 is 23.2 Å². The van der Waals surface area contributed by atoms with Crippen LogP contribution in [0.2, 0.25) is 10.0 Å². The molecule has 1 unspecified atom stereocenters. The number of hydrogen-bond acceptors (Lipinski definition) is 4. The molecule has 0 N–H and O–H groups in total. The van der Waals surface area contributed by atoms with Gasteiger partial charge in [-0.15, -0.1) is 0 Å². The number of carbonyl (C=O) groups excluding carboxylic acids is 1. The summed E-state index contributed by atoms with van der Waals surface area (Å²) in [6, 6.07) is 5.06. The first-order chi connectivity index (χ1) is 11.1. The zero-order chi connectivity index (χ0) is 16.7. The molecule has 0 aliphatic carbocycles. The quantitative estimate of drug-likeness (QED) is 0.523. The van der Waals surface area contributed by atoms with Crippen LogP contribution in [-0.2, 0) is 16.0 Å². The molecule has 1 aromatic carbocycles. The number of imidazole rings is 1. The van der Waals surface area contributed by atoms with E-state index in [0.717, 1.165) is 12.8 Å². The third-order valence-corrected chi connectivity index (χ3v) is 3.76. The molecule has 1 heterocycles. The lowest BCUT2D eigenvalue weighted by Gasteiger charge is -2.19. The number of hydrogen-bond donors (Lipinski definition) is 0. The normalized spacial score (nSPS) is 12.0. The molecule has 0 bridgehead atoms. The van der Waals surface area contributed by atoms with Crippen molar-refractivity contribution in [2.24, 2.45) is 0 Å². The van der Waals surface area contributed by atoms with Crippen LogP contribution in [0, 0.1) is 0 Å². The van der Waals surface area contributed by atoms with E-state index in [0.29, 0.717) is 28.8 Å². The number of carbonyl (C=O) groups is 1. The van der Waals surface area contributed by atoms with Crippen molar-refractivity contribution in [1.29, 1.82) is 0 Å². The van der Waals surface area contributed by atoms with E-state index in [1.54, 1.807) is 41.5 Å². The SMILES string of the molecule is CCCCOC(=O)OC(Cn1ccnc1)c1ccc(Cl)cc1Cl. The van der Waals surface area contributed by atoms with Gasteiger partial charge in [0.15, 0.2) is 0 Å². The first kappa shape index (κ1) is 17.6. The van der Waals surface area contributed by atoms with Gasteiger partial charge in [-0.05, 0) is 18.6 Å². The molecule has 0 spiro atoms. The van der Waals surface area contributed by atoms with Gasteiger partial charge in [0.1, 0.15) is 6.10 Å². The summed E-state index contributed by atoms with van der Waals surface area (Å²) in [7, 11) is 0. The summed E-state index contributed by atoms with van der Waals surface area (Å²) < 4.78 is 12.3. The molecule has 2 aromatic rings. The highest BCUT2D eigenvalue weighted by molar-refractivity contribution is 6.35. The molecule has 1 aromatic heterocycles. The second kappa shape index (κ2) is 8.79. The smallest absolute Gasteiger partial charge is 0.434 e. The number of benzene rings is 1. The molecule has 0 aliphatic heterocycles. The number of rotatable bonds is 7. The molecule has 0 fully saturated rings. The summed E-state index contributed by atoms with van der Waals surface area (Å²) in [4.78, 5) is 15.9. The first-order valence-corrected chi connectivity index (χ1v) is 8.10. The average molecular weight is 357 g/mol. The zero-order valence-corrected chi connectivity index (χ0v) is 14.3. The van der Waals surface area contributed by atoms with Gasteiger partial charge in [-0.3, -0.25) is 0 Å². The maximum atomic E-state index is 11.9. The maximum absolute atomic E-state index is 11.9. The van der Waals surface area contributed by atoms with Crippen molar-refractivity contribution in [3.8, 4) is 0 Å². The fraction of sp³-hybridized carbons (Fsp3) is 0.375. The van der Waals surface area contributed by atoms with Gasteiger partial charge in [-0.2, -0.15) is 0 Å². The van der Waals surface area contributed by atoms with Crippen molar-refractivity contribution in [2.75, 3.05) is 6.61 Å². The fourth-order valence-corrected chi connectivity index (χ4v) is 2.53. The van der Waals surface area contributed by atoms with Crippen molar-refractivity contribution in [3.63, 3.8) is 0 Å². The van der Waals surface area contributed by atoms with Crippen LogP contribution in [0.1, 0.15) is 31.4 Å². The van der Waals surface area contributed by atoms with E-state index in [2.05, 4.69) is 4.98 Å². The van der Waals surface area contributed by atoms with Crippen LogP contribution in [0.5, 0.6) is 0 Å². The molecule has 0 radical (unpaired) electrons. The Morgan fingerprint density at radius 3 is 2.87 bits per heavy atom. The van der Waals surface area contributed by atoms with Crippen LogP contribution in [0.4, 0.5) is 4.79 Å². The molecule has 0 saturated carbocycles. The highest BCUT2D eigenvalue weighted by atomic mass is 35.5. The molecule has 0 saturated heterocycles. The average Bonchev–Trinajstić information content (AvgIpc) is 3.00. The number of aromatic nitrogens is 2. The van der Waals surface area contributed by atoms with Crippen molar-refractivity contribution < 1.29 is 14.3 Å². The minimum absolute atomic E-state index is 0.335. The lowest BCUT2D eigenvalue weighted by molar-refractivity contribution is 0.0164. The van der Waals surface area contributed by atoms with E-state index in [9.17, 15) is 4.79 Å². The topological polar surface area (TPSA) is 53.4 Å². The van der Waals surface area contributed by atoms with Crippen LogP contribution in [-0.4, -0.2) is 22.3 Å². The van der Waals surface area contributed by atoms with Gasteiger partial charge in [0.05, 0.1) is 19.5 Å². The number of unbranched alkanes of at least 4 members (excludes halogenated alkanes) is 1. The molecule has 2 rings (SSSR count).